The van der Waals surface area contributed by atoms with E-state index in [2.05, 4.69) is 39.6 Å². The highest BCUT2D eigenvalue weighted by molar-refractivity contribution is 5.70. The van der Waals surface area contributed by atoms with Gasteiger partial charge in [0.1, 0.15) is 11.9 Å². The summed E-state index contributed by atoms with van der Waals surface area (Å²) in [7, 11) is 2.09. The zero-order valence-electron chi connectivity index (χ0n) is 11.4. The molecule has 2 N–H and O–H groups in total. The van der Waals surface area contributed by atoms with Crippen molar-refractivity contribution in [3.8, 4) is 5.75 Å². The Balaban J connectivity index is 2.62. The molecule has 17 heavy (non-hydrogen) atoms. The fourth-order valence-corrected chi connectivity index (χ4v) is 2.32. The Bertz CT molecular complexity index is 435. The topological polar surface area (TPSA) is 38.5 Å². The number of nitrogens with zero attached hydrogens (tertiary/aromatic N) is 1. The van der Waals surface area contributed by atoms with Gasteiger partial charge >= 0.3 is 0 Å². The Kier molecular flexibility index (Phi) is 2.72. The van der Waals surface area contributed by atoms with E-state index >= 15 is 0 Å². The summed E-state index contributed by atoms with van der Waals surface area (Å²) in [5.41, 5.74) is 9.13. The van der Waals surface area contributed by atoms with Crippen LogP contribution in [-0.4, -0.2) is 19.7 Å². The molecule has 2 rings (SSSR count). The molecule has 0 aliphatic carbocycles. The lowest BCUT2D eigenvalue weighted by atomic mass is 9.85. The molecule has 1 unspecified atom stereocenters. The average molecular weight is 234 g/mol. The van der Waals surface area contributed by atoms with E-state index in [1.807, 2.05) is 12.1 Å². The number of fused-ring (bicyclic) bond motifs is 1. The van der Waals surface area contributed by atoms with Gasteiger partial charge in [-0.2, -0.15) is 0 Å². The number of likely N-dealkylation sites (N-methyl/N-ethyl adjacent to an activating group) is 1. The van der Waals surface area contributed by atoms with E-state index in [1.54, 1.807) is 0 Å². The standard InChI is InChI=1S/C14H22N2O/c1-9-8-16(5)12-7-10(15)6-11(13(12)17-9)14(2,3)4/h6-7,9H,8,15H2,1-5H3. The molecular formula is C14H22N2O. The van der Waals surface area contributed by atoms with Crippen LogP contribution >= 0.6 is 0 Å². The highest BCUT2D eigenvalue weighted by atomic mass is 16.5. The van der Waals surface area contributed by atoms with E-state index < -0.39 is 0 Å². The van der Waals surface area contributed by atoms with Crippen LogP contribution in [0.15, 0.2) is 12.1 Å². The maximum Gasteiger partial charge on any atom is 0.146 e. The van der Waals surface area contributed by atoms with Crippen molar-refractivity contribution in [2.45, 2.75) is 39.2 Å². The molecule has 0 saturated carbocycles. The van der Waals surface area contributed by atoms with Gasteiger partial charge in [0.2, 0.25) is 0 Å². The first-order valence-electron chi connectivity index (χ1n) is 6.11. The zero-order valence-corrected chi connectivity index (χ0v) is 11.4. The maximum absolute atomic E-state index is 6.02. The number of anilines is 2. The number of hydrogen-bond acceptors (Lipinski definition) is 3. The second kappa shape index (κ2) is 3.83. The van der Waals surface area contributed by atoms with E-state index in [0.29, 0.717) is 0 Å². The number of nitrogen functional groups attached to an aromatic ring is 1. The van der Waals surface area contributed by atoms with Crippen LogP contribution in [0.2, 0.25) is 0 Å². The molecule has 1 aromatic rings. The molecule has 1 aliphatic heterocycles. The Morgan fingerprint density at radius 2 is 2.00 bits per heavy atom. The van der Waals surface area contributed by atoms with Crippen molar-refractivity contribution in [3.63, 3.8) is 0 Å². The van der Waals surface area contributed by atoms with Gasteiger partial charge in [-0.25, -0.2) is 0 Å². The first-order valence-corrected chi connectivity index (χ1v) is 6.11. The van der Waals surface area contributed by atoms with Crippen molar-refractivity contribution in [2.24, 2.45) is 0 Å². The quantitative estimate of drug-likeness (QED) is 0.701. The summed E-state index contributed by atoms with van der Waals surface area (Å²) in [5, 5.41) is 0. The largest absolute Gasteiger partial charge is 0.486 e. The van der Waals surface area contributed by atoms with Crippen LogP contribution in [0.4, 0.5) is 11.4 Å². The zero-order chi connectivity index (χ0) is 12.8. The molecule has 0 amide bonds. The second-order valence-electron chi connectivity index (χ2n) is 5.98. The highest BCUT2D eigenvalue weighted by Gasteiger charge is 2.28. The summed E-state index contributed by atoms with van der Waals surface area (Å²) in [6, 6.07) is 4.03. The molecule has 1 heterocycles. The molecule has 0 saturated heterocycles. The van der Waals surface area contributed by atoms with Crippen LogP contribution in [0.5, 0.6) is 5.75 Å². The van der Waals surface area contributed by atoms with Crippen molar-refractivity contribution in [2.75, 3.05) is 24.2 Å². The SMILES string of the molecule is CC1CN(C)c2cc(N)cc(C(C)(C)C)c2O1. The van der Waals surface area contributed by atoms with Crippen LogP contribution in [-0.2, 0) is 5.41 Å². The molecule has 0 spiro atoms. The van der Waals surface area contributed by atoms with Crippen molar-refractivity contribution in [3.05, 3.63) is 17.7 Å². The molecular weight excluding hydrogens is 212 g/mol. The fraction of sp³-hybridized carbons (Fsp3) is 0.571. The summed E-state index contributed by atoms with van der Waals surface area (Å²) >= 11 is 0. The number of ether oxygens (including phenoxy) is 1. The molecule has 94 valence electrons. The molecule has 0 radical (unpaired) electrons. The molecule has 3 heteroatoms. The lowest BCUT2D eigenvalue weighted by molar-refractivity contribution is 0.210. The Hall–Kier alpha value is -1.38. The normalized spacial score (nSPS) is 19.8. The third kappa shape index (κ3) is 2.19. The van der Waals surface area contributed by atoms with Gasteiger partial charge in [0.25, 0.3) is 0 Å². The van der Waals surface area contributed by atoms with Gasteiger partial charge < -0.3 is 15.4 Å². The molecule has 0 aromatic heterocycles. The van der Waals surface area contributed by atoms with Gasteiger partial charge in [-0.3, -0.25) is 0 Å². The predicted molar refractivity (Wildman–Crippen MR) is 72.9 cm³/mol. The predicted octanol–water partition coefficient (Wildman–Crippen LogP) is 2.78. The van der Waals surface area contributed by atoms with Crippen molar-refractivity contribution in [1.82, 2.24) is 0 Å². The van der Waals surface area contributed by atoms with E-state index in [9.17, 15) is 0 Å². The van der Waals surface area contributed by atoms with Crippen LogP contribution in [0, 0.1) is 0 Å². The van der Waals surface area contributed by atoms with Gasteiger partial charge in [-0.15, -0.1) is 0 Å². The first-order chi connectivity index (χ1) is 7.79. The van der Waals surface area contributed by atoms with Gasteiger partial charge in [0.15, 0.2) is 0 Å². The minimum absolute atomic E-state index is 0.0391. The van der Waals surface area contributed by atoms with Crippen LogP contribution in [0.3, 0.4) is 0 Å². The van der Waals surface area contributed by atoms with Crippen molar-refractivity contribution >= 4 is 11.4 Å². The van der Waals surface area contributed by atoms with Gasteiger partial charge in [-0.05, 0) is 24.5 Å². The summed E-state index contributed by atoms with van der Waals surface area (Å²) in [4.78, 5) is 2.22. The molecule has 1 aromatic carbocycles. The number of benzene rings is 1. The number of nitrogens with two attached hydrogens (primary N) is 1. The van der Waals surface area contributed by atoms with Crippen LogP contribution < -0.4 is 15.4 Å². The molecule has 3 nitrogen and oxygen atoms in total. The van der Waals surface area contributed by atoms with Crippen molar-refractivity contribution < 1.29 is 4.74 Å². The summed E-state index contributed by atoms with van der Waals surface area (Å²) in [6.07, 6.45) is 0.220. The molecule has 1 aliphatic rings. The molecule has 1 atom stereocenters. The lowest BCUT2D eigenvalue weighted by Crippen LogP contribution is -2.36. The van der Waals surface area contributed by atoms with Gasteiger partial charge in [-0.1, -0.05) is 20.8 Å². The number of hydrogen-bond donors (Lipinski definition) is 1. The Morgan fingerprint density at radius 1 is 1.35 bits per heavy atom. The average Bonchev–Trinajstić information content (AvgIpc) is 2.16. The highest BCUT2D eigenvalue weighted by Crippen LogP contribution is 2.43. The second-order valence-corrected chi connectivity index (χ2v) is 5.98. The molecule has 0 bridgehead atoms. The minimum Gasteiger partial charge on any atom is -0.486 e. The Morgan fingerprint density at radius 3 is 2.59 bits per heavy atom. The maximum atomic E-state index is 6.02. The third-order valence-corrected chi connectivity index (χ3v) is 3.16. The van der Waals surface area contributed by atoms with Gasteiger partial charge in [0, 0.05) is 18.3 Å². The fourth-order valence-electron chi connectivity index (χ4n) is 2.32. The summed E-state index contributed by atoms with van der Waals surface area (Å²) in [6.45, 7) is 9.56. The molecule has 0 fully saturated rings. The summed E-state index contributed by atoms with van der Waals surface area (Å²) < 4.78 is 6.02. The van der Waals surface area contributed by atoms with Crippen molar-refractivity contribution in [1.29, 1.82) is 0 Å². The Labute approximate surface area is 104 Å². The smallest absolute Gasteiger partial charge is 0.146 e. The number of rotatable bonds is 0. The minimum atomic E-state index is 0.0391. The first kappa shape index (κ1) is 12.1. The summed E-state index contributed by atoms with van der Waals surface area (Å²) in [5.74, 6) is 0.993. The third-order valence-electron chi connectivity index (χ3n) is 3.16. The van der Waals surface area contributed by atoms with Crippen LogP contribution in [0.25, 0.3) is 0 Å². The van der Waals surface area contributed by atoms with E-state index in [-0.39, 0.29) is 11.5 Å². The lowest BCUT2D eigenvalue weighted by Gasteiger charge is -2.36. The van der Waals surface area contributed by atoms with E-state index in [4.69, 9.17) is 10.5 Å². The van der Waals surface area contributed by atoms with E-state index in [0.717, 1.165) is 23.7 Å². The van der Waals surface area contributed by atoms with Crippen LogP contribution in [0.1, 0.15) is 33.3 Å². The monoisotopic (exact) mass is 234 g/mol. The van der Waals surface area contributed by atoms with E-state index in [1.165, 1.54) is 5.56 Å². The van der Waals surface area contributed by atoms with Gasteiger partial charge in [0.05, 0.1) is 12.2 Å².